The molecule has 0 aliphatic carbocycles. The Morgan fingerprint density at radius 3 is 1.55 bits per heavy atom. The van der Waals surface area contributed by atoms with Gasteiger partial charge >= 0.3 is 0 Å². The van der Waals surface area contributed by atoms with Crippen molar-refractivity contribution in [3.05, 3.63) is 162 Å². The Hall–Kier alpha value is -5.18. The van der Waals surface area contributed by atoms with Gasteiger partial charge in [-0.25, -0.2) is 0 Å². The SMILES string of the molecule is Brc1ccc2ccc3c(-c4ccc(N(c5cccc6ccccc56)c5cccc6ccccc56)cc4)ccc4ccc1c2c43. The summed E-state index contributed by atoms with van der Waals surface area (Å²) < 4.78 is 1.14. The number of benzene rings is 9. The summed E-state index contributed by atoms with van der Waals surface area (Å²) in [7, 11) is 0. The Balaban J connectivity index is 1.25. The highest BCUT2D eigenvalue weighted by Gasteiger charge is 2.18. The van der Waals surface area contributed by atoms with Crippen LogP contribution >= 0.6 is 15.9 Å². The van der Waals surface area contributed by atoms with Crippen molar-refractivity contribution >= 4 is 86.9 Å². The second-order valence-electron chi connectivity index (χ2n) is 11.5. The lowest BCUT2D eigenvalue weighted by atomic mass is 9.90. The molecule has 0 N–H and O–H groups in total. The zero-order valence-corrected chi connectivity index (χ0v) is 25.4. The standard InChI is InChI=1S/C42H26BrN/c43-38-26-20-31-18-24-36-33(23-17-30-19-25-37(38)42(31)41(30)36)29-15-21-32(22-16-29)44(39-13-5-9-27-7-1-3-11-34(27)39)40-14-6-10-28-8-2-4-12-35(28)40/h1-26H. The molecule has 0 fully saturated rings. The third kappa shape index (κ3) is 3.85. The zero-order valence-electron chi connectivity index (χ0n) is 23.8. The van der Waals surface area contributed by atoms with Crippen molar-refractivity contribution in [2.45, 2.75) is 0 Å². The van der Waals surface area contributed by atoms with Crippen LogP contribution in [0.2, 0.25) is 0 Å². The first kappa shape index (κ1) is 25.3. The van der Waals surface area contributed by atoms with Crippen LogP contribution in [0.3, 0.4) is 0 Å². The predicted molar refractivity (Wildman–Crippen MR) is 193 cm³/mol. The fraction of sp³-hybridized carbons (Fsp3) is 0. The molecular formula is C42H26BrN. The monoisotopic (exact) mass is 623 g/mol. The van der Waals surface area contributed by atoms with E-state index in [0.717, 1.165) is 10.2 Å². The van der Waals surface area contributed by atoms with E-state index in [1.807, 2.05) is 0 Å². The number of anilines is 3. The average molecular weight is 625 g/mol. The second kappa shape index (κ2) is 9.94. The van der Waals surface area contributed by atoms with E-state index >= 15 is 0 Å². The molecule has 0 saturated heterocycles. The Morgan fingerprint density at radius 2 is 0.886 bits per heavy atom. The maximum absolute atomic E-state index is 3.79. The van der Waals surface area contributed by atoms with Crippen molar-refractivity contribution in [1.29, 1.82) is 0 Å². The van der Waals surface area contributed by atoms with E-state index in [-0.39, 0.29) is 0 Å². The number of hydrogen-bond donors (Lipinski definition) is 0. The van der Waals surface area contributed by atoms with Crippen LogP contribution in [-0.4, -0.2) is 0 Å². The predicted octanol–water partition coefficient (Wildman–Crippen LogP) is 12.8. The molecule has 206 valence electrons. The number of rotatable bonds is 4. The van der Waals surface area contributed by atoms with Gasteiger partial charge in [-0.2, -0.15) is 0 Å². The van der Waals surface area contributed by atoms with Gasteiger partial charge in [0.1, 0.15) is 0 Å². The maximum atomic E-state index is 3.79. The highest BCUT2D eigenvalue weighted by atomic mass is 79.9. The minimum atomic E-state index is 1.13. The number of fused-ring (bicyclic) bond motifs is 2. The summed E-state index contributed by atoms with van der Waals surface area (Å²) >= 11 is 3.79. The highest BCUT2D eigenvalue weighted by molar-refractivity contribution is 9.10. The highest BCUT2D eigenvalue weighted by Crippen LogP contribution is 2.44. The fourth-order valence-electron chi connectivity index (χ4n) is 7.02. The minimum Gasteiger partial charge on any atom is -0.309 e. The van der Waals surface area contributed by atoms with Gasteiger partial charge in [-0.15, -0.1) is 0 Å². The normalized spacial score (nSPS) is 11.8. The topological polar surface area (TPSA) is 3.24 Å². The van der Waals surface area contributed by atoms with Crippen LogP contribution in [0.4, 0.5) is 17.1 Å². The van der Waals surface area contributed by atoms with Crippen molar-refractivity contribution in [3.8, 4) is 11.1 Å². The Morgan fingerprint density at radius 1 is 0.364 bits per heavy atom. The summed E-state index contributed by atoms with van der Waals surface area (Å²) in [6, 6.07) is 57.5. The van der Waals surface area contributed by atoms with E-state index in [1.54, 1.807) is 0 Å². The van der Waals surface area contributed by atoms with E-state index < -0.39 is 0 Å². The van der Waals surface area contributed by atoms with E-state index in [0.29, 0.717) is 0 Å². The number of hydrogen-bond acceptors (Lipinski definition) is 1. The molecule has 0 bridgehead atoms. The Bertz CT molecular complexity index is 2420. The quantitative estimate of drug-likeness (QED) is 0.176. The Kier molecular flexibility index (Phi) is 5.72. The van der Waals surface area contributed by atoms with Gasteiger partial charge in [-0.3, -0.25) is 0 Å². The lowest BCUT2D eigenvalue weighted by molar-refractivity contribution is 1.31. The molecule has 0 amide bonds. The summed E-state index contributed by atoms with van der Waals surface area (Å²) in [5.41, 5.74) is 5.92. The van der Waals surface area contributed by atoms with Gasteiger partial charge in [0.15, 0.2) is 0 Å². The smallest absolute Gasteiger partial charge is 0.0540 e. The number of nitrogens with zero attached hydrogens (tertiary/aromatic N) is 1. The molecule has 0 aromatic heterocycles. The molecule has 44 heavy (non-hydrogen) atoms. The Labute approximate surface area is 264 Å². The molecule has 0 radical (unpaired) electrons. The first-order chi connectivity index (χ1) is 21.7. The van der Waals surface area contributed by atoms with Crippen LogP contribution in [0.15, 0.2) is 162 Å². The molecule has 0 spiro atoms. The number of halogens is 1. The minimum absolute atomic E-state index is 1.13. The van der Waals surface area contributed by atoms with E-state index in [4.69, 9.17) is 0 Å². The van der Waals surface area contributed by atoms with Crippen LogP contribution in [0.5, 0.6) is 0 Å². The molecule has 0 unspecified atom stereocenters. The summed E-state index contributed by atoms with van der Waals surface area (Å²) in [6.45, 7) is 0. The first-order valence-corrected chi connectivity index (χ1v) is 15.8. The van der Waals surface area contributed by atoms with E-state index in [9.17, 15) is 0 Å². The fourth-order valence-corrected chi connectivity index (χ4v) is 7.48. The van der Waals surface area contributed by atoms with E-state index in [2.05, 4.69) is 179 Å². The van der Waals surface area contributed by atoms with Crippen LogP contribution in [0, 0.1) is 0 Å². The molecule has 1 nitrogen and oxygen atoms in total. The molecule has 0 aliphatic rings. The summed E-state index contributed by atoms with van der Waals surface area (Å²) in [6.07, 6.45) is 0. The maximum Gasteiger partial charge on any atom is 0.0540 e. The van der Waals surface area contributed by atoms with Gasteiger partial charge in [0.25, 0.3) is 0 Å². The van der Waals surface area contributed by atoms with Gasteiger partial charge < -0.3 is 4.90 Å². The molecule has 0 aliphatic heterocycles. The van der Waals surface area contributed by atoms with Crippen molar-refractivity contribution in [2.75, 3.05) is 4.90 Å². The summed E-state index contributed by atoms with van der Waals surface area (Å²) in [5, 5.41) is 12.7. The van der Waals surface area contributed by atoms with Gasteiger partial charge in [0.2, 0.25) is 0 Å². The molecule has 9 aromatic carbocycles. The third-order valence-corrected chi connectivity index (χ3v) is 9.75. The van der Waals surface area contributed by atoms with Crippen molar-refractivity contribution < 1.29 is 0 Å². The zero-order chi connectivity index (χ0) is 29.2. The van der Waals surface area contributed by atoms with Crippen LogP contribution in [-0.2, 0) is 0 Å². The van der Waals surface area contributed by atoms with Gasteiger partial charge in [-0.1, -0.05) is 143 Å². The van der Waals surface area contributed by atoms with Gasteiger partial charge in [0, 0.05) is 20.9 Å². The summed E-state index contributed by atoms with van der Waals surface area (Å²) in [5.74, 6) is 0. The third-order valence-electron chi connectivity index (χ3n) is 9.06. The van der Waals surface area contributed by atoms with Gasteiger partial charge in [0.05, 0.1) is 11.4 Å². The molecule has 9 aromatic rings. The molecule has 9 rings (SSSR count). The second-order valence-corrected chi connectivity index (χ2v) is 12.3. The first-order valence-electron chi connectivity index (χ1n) is 15.0. The van der Waals surface area contributed by atoms with Crippen molar-refractivity contribution in [2.24, 2.45) is 0 Å². The van der Waals surface area contributed by atoms with Gasteiger partial charge in [-0.05, 0) is 84.5 Å². The molecule has 2 heteroatoms. The molecular weight excluding hydrogens is 598 g/mol. The van der Waals surface area contributed by atoms with E-state index in [1.165, 1.54) is 76.4 Å². The molecule has 0 saturated carbocycles. The molecule has 0 atom stereocenters. The largest absolute Gasteiger partial charge is 0.309 e. The lowest BCUT2D eigenvalue weighted by Gasteiger charge is -2.28. The summed E-state index contributed by atoms with van der Waals surface area (Å²) in [4.78, 5) is 2.41. The van der Waals surface area contributed by atoms with Crippen LogP contribution < -0.4 is 4.90 Å². The van der Waals surface area contributed by atoms with Crippen molar-refractivity contribution in [3.63, 3.8) is 0 Å². The molecule has 0 heterocycles. The van der Waals surface area contributed by atoms with Crippen molar-refractivity contribution in [1.82, 2.24) is 0 Å². The van der Waals surface area contributed by atoms with Crippen LogP contribution in [0.1, 0.15) is 0 Å². The van der Waals surface area contributed by atoms with Crippen LogP contribution in [0.25, 0.3) is 65.0 Å². The lowest BCUT2D eigenvalue weighted by Crippen LogP contribution is -2.11. The average Bonchev–Trinajstić information content (AvgIpc) is 3.08.